The van der Waals surface area contributed by atoms with Crippen LogP contribution in [0.2, 0.25) is 0 Å². The van der Waals surface area contributed by atoms with E-state index < -0.39 is 0 Å². The van der Waals surface area contributed by atoms with E-state index in [1.807, 2.05) is 30.3 Å². The van der Waals surface area contributed by atoms with Crippen LogP contribution >= 0.6 is 0 Å². The van der Waals surface area contributed by atoms with Gasteiger partial charge in [0, 0.05) is 23.6 Å². The summed E-state index contributed by atoms with van der Waals surface area (Å²) >= 11 is 0. The number of benzene rings is 1. The molecule has 0 unspecified atom stereocenters. The first-order valence-electron chi connectivity index (χ1n) is 9.22. The first-order valence-corrected chi connectivity index (χ1v) is 9.22. The Morgan fingerprint density at radius 3 is 2.68 bits per heavy atom. The van der Waals surface area contributed by atoms with Gasteiger partial charge in [0.2, 0.25) is 11.8 Å². The van der Waals surface area contributed by atoms with E-state index in [1.54, 1.807) is 0 Å². The van der Waals surface area contributed by atoms with E-state index in [-0.39, 0.29) is 5.41 Å². The molecule has 0 N–H and O–H groups in total. The molecule has 5 nitrogen and oxygen atoms in total. The maximum Gasteiger partial charge on any atom is 0.247 e. The quantitative estimate of drug-likeness (QED) is 0.674. The highest BCUT2D eigenvalue weighted by Crippen LogP contribution is 2.45. The Morgan fingerprint density at radius 1 is 1.24 bits per heavy atom. The summed E-state index contributed by atoms with van der Waals surface area (Å²) in [7, 11) is 2.13. The zero-order chi connectivity index (χ0) is 17.9. The SMILES string of the molecule is CCCCO[C@H]1C[C@H](N(C)Cc2nnc(-c3ccccc3)o2)C1(C)C. The minimum absolute atomic E-state index is 0.144. The molecule has 0 radical (unpaired) electrons. The van der Waals surface area contributed by atoms with Gasteiger partial charge in [-0.3, -0.25) is 4.90 Å². The van der Waals surface area contributed by atoms with Gasteiger partial charge < -0.3 is 9.15 Å². The number of unbranched alkanes of at least 4 members (excludes halogenated alkanes) is 1. The van der Waals surface area contributed by atoms with Gasteiger partial charge in [-0.15, -0.1) is 10.2 Å². The lowest BCUT2D eigenvalue weighted by Crippen LogP contribution is -2.61. The fourth-order valence-electron chi connectivity index (χ4n) is 3.60. The van der Waals surface area contributed by atoms with Crippen LogP contribution in [-0.4, -0.2) is 40.9 Å². The zero-order valence-electron chi connectivity index (χ0n) is 15.7. The van der Waals surface area contributed by atoms with Gasteiger partial charge in [-0.25, -0.2) is 0 Å². The molecule has 25 heavy (non-hydrogen) atoms. The van der Waals surface area contributed by atoms with Crippen LogP contribution in [0, 0.1) is 5.41 Å². The first kappa shape index (κ1) is 18.1. The van der Waals surface area contributed by atoms with Crippen molar-refractivity contribution >= 4 is 0 Å². The molecule has 0 amide bonds. The molecule has 1 aliphatic rings. The van der Waals surface area contributed by atoms with Crippen molar-refractivity contribution in [2.45, 2.75) is 58.7 Å². The molecule has 136 valence electrons. The van der Waals surface area contributed by atoms with Crippen LogP contribution in [0.5, 0.6) is 0 Å². The average Bonchev–Trinajstić information content (AvgIpc) is 3.06. The van der Waals surface area contributed by atoms with Crippen LogP contribution in [0.15, 0.2) is 34.7 Å². The number of rotatable bonds is 8. The smallest absolute Gasteiger partial charge is 0.247 e. The van der Waals surface area contributed by atoms with Gasteiger partial charge in [-0.1, -0.05) is 45.4 Å². The van der Waals surface area contributed by atoms with Gasteiger partial charge >= 0.3 is 0 Å². The van der Waals surface area contributed by atoms with Crippen molar-refractivity contribution in [3.8, 4) is 11.5 Å². The van der Waals surface area contributed by atoms with Gasteiger partial charge in [-0.05, 0) is 32.0 Å². The predicted octanol–water partition coefficient (Wildman–Crippen LogP) is 4.15. The molecule has 1 saturated carbocycles. The Hall–Kier alpha value is -1.72. The monoisotopic (exact) mass is 343 g/mol. The van der Waals surface area contributed by atoms with E-state index in [1.165, 1.54) is 6.42 Å². The Bertz CT molecular complexity index is 669. The summed E-state index contributed by atoms with van der Waals surface area (Å²) in [5, 5.41) is 8.39. The number of hydrogen-bond donors (Lipinski definition) is 0. The van der Waals surface area contributed by atoms with Crippen LogP contribution in [0.1, 0.15) is 45.9 Å². The van der Waals surface area contributed by atoms with Crippen LogP contribution in [0.3, 0.4) is 0 Å². The molecule has 1 fully saturated rings. The third-order valence-corrected chi connectivity index (χ3v) is 5.35. The second-order valence-electron chi connectivity index (χ2n) is 7.57. The zero-order valence-corrected chi connectivity index (χ0v) is 15.7. The summed E-state index contributed by atoms with van der Waals surface area (Å²) in [5.41, 5.74) is 1.10. The molecule has 0 aliphatic heterocycles. The Kier molecular flexibility index (Phi) is 5.54. The largest absolute Gasteiger partial charge is 0.419 e. The van der Waals surface area contributed by atoms with Crippen molar-refractivity contribution in [2.24, 2.45) is 5.41 Å². The molecule has 0 bridgehead atoms. The summed E-state index contributed by atoms with van der Waals surface area (Å²) in [5.74, 6) is 1.24. The Morgan fingerprint density at radius 2 is 2.00 bits per heavy atom. The topological polar surface area (TPSA) is 51.4 Å². The third-order valence-electron chi connectivity index (χ3n) is 5.35. The van der Waals surface area contributed by atoms with E-state index in [2.05, 4.69) is 42.9 Å². The van der Waals surface area contributed by atoms with Gasteiger partial charge in [0.05, 0.1) is 12.6 Å². The second kappa shape index (κ2) is 7.67. The van der Waals surface area contributed by atoms with Crippen molar-refractivity contribution in [3.63, 3.8) is 0 Å². The van der Waals surface area contributed by atoms with E-state index in [0.717, 1.165) is 25.0 Å². The van der Waals surface area contributed by atoms with Crippen molar-refractivity contribution in [2.75, 3.05) is 13.7 Å². The van der Waals surface area contributed by atoms with Crippen molar-refractivity contribution in [1.29, 1.82) is 0 Å². The standard InChI is InChI=1S/C20H29N3O2/c1-5-6-12-24-17-13-16(20(17,2)3)23(4)14-18-21-22-19(25-18)15-10-8-7-9-11-15/h7-11,16-17H,5-6,12-14H2,1-4H3/t16-,17-/m0/s1. The van der Waals surface area contributed by atoms with E-state index in [4.69, 9.17) is 9.15 Å². The fraction of sp³-hybridized carbons (Fsp3) is 0.600. The molecule has 1 aromatic heterocycles. The fourth-order valence-corrected chi connectivity index (χ4v) is 3.60. The summed E-state index contributed by atoms with van der Waals surface area (Å²) < 4.78 is 11.9. The van der Waals surface area contributed by atoms with Crippen LogP contribution in [0.4, 0.5) is 0 Å². The molecule has 1 aromatic carbocycles. The van der Waals surface area contributed by atoms with Gasteiger partial charge in [0.15, 0.2) is 0 Å². The molecule has 2 aromatic rings. The lowest BCUT2D eigenvalue weighted by molar-refractivity contribution is -0.150. The van der Waals surface area contributed by atoms with Gasteiger partial charge in [0.25, 0.3) is 0 Å². The molecule has 2 atom stereocenters. The first-order chi connectivity index (χ1) is 12.0. The summed E-state index contributed by atoms with van der Waals surface area (Å²) in [6.45, 7) is 8.30. The van der Waals surface area contributed by atoms with Gasteiger partial charge in [-0.2, -0.15) is 0 Å². The molecule has 0 saturated heterocycles. The Balaban J connectivity index is 1.56. The average molecular weight is 343 g/mol. The minimum atomic E-state index is 0.144. The maximum absolute atomic E-state index is 6.05. The molecular weight excluding hydrogens is 314 g/mol. The normalized spacial score (nSPS) is 22.1. The number of aromatic nitrogens is 2. The highest BCUT2D eigenvalue weighted by Gasteiger charge is 2.50. The number of hydrogen-bond acceptors (Lipinski definition) is 5. The van der Waals surface area contributed by atoms with Crippen LogP contribution in [0.25, 0.3) is 11.5 Å². The second-order valence-corrected chi connectivity index (χ2v) is 7.57. The number of ether oxygens (including phenoxy) is 1. The predicted molar refractivity (Wildman–Crippen MR) is 98.0 cm³/mol. The number of nitrogens with zero attached hydrogens (tertiary/aromatic N) is 3. The Labute approximate surface area is 150 Å². The molecule has 3 rings (SSSR count). The van der Waals surface area contributed by atoms with Crippen molar-refractivity contribution in [1.82, 2.24) is 15.1 Å². The summed E-state index contributed by atoms with van der Waals surface area (Å²) in [6, 6.07) is 10.3. The summed E-state index contributed by atoms with van der Waals surface area (Å²) in [4.78, 5) is 2.31. The van der Waals surface area contributed by atoms with Gasteiger partial charge in [0.1, 0.15) is 0 Å². The van der Waals surface area contributed by atoms with E-state index in [9.17, 15) is 0 Å². The lowest BCUT2D eigenvalue weighted by atomic mass is 9.64. The van der Waals surface area contributed by atoms with Crippen molar-refractivity contribution in [3.05, 3.63) is 36.2 Å². The molecule has 5 heteroatoms. The molecule has 1 aliphatic carbocycles. The highest BCUT2D eigenvalue weighted by atomic mass is 16.5. The van der Waals surface area contributed by atoms with Crippen molar-refractivity contribution < 1.29 is 9.15 Å². The van der Waals surface area contributed by atoms with Crippen LogP contribution in [-0.2, 0) is 11.3 Å². The molecular formula is C20H29N3O2. The van der Waals surface area contributed by atoms with E-state index >= 15 is 0 Å². The molecule has 0 spiro atoms. The van der Waals surface area contributed by atoms with Crippen LogP contribution < -0.4 is 0 Å². The summed E-state index contributed by atoms with van der Waals surface area (Å²) in [6.07, 6.45) is 3.72. The minimum Gasteiger partial charge on any atom is -0.419 e. The maximum atomic E-state index is 6.05. The molecule has 1 heterocycles. The highest BCUT2D eigenvalue weighted by molar-refractivity contribution is 5.51. The van der Waals surface area contributed by atoms with E-state index in [0.29, 0.717) is 30.5 Å². The lowest BCUT2D eigenvalue weighted by Gasteiger charge is -2.54. The third kappa shape index (κ3) is 3.93.